The summed E-state index contributed by atoms with van der Waals surface area (Å²) in [7, 11) is 3.12. The normalized spacial score (nSPS) is 10.3. The Balaban J connectivity index is 1.39. The Kier molecular flexibility index (Phi) is 6.78. The number of methoxy groups -OCH3 is 2. The van der Waals surface area contributed by atoms with E-state index in [1.807, 2.05) is 0 Å². The lowest BCUT2D eigenvalue weighted by Gasteiger charge is -2.07. The number of carbonyl (C=O) groups excluding carboxylic acids is 2. The van der Waals surface area contributed by atoms with Crippen LogP contribution in [0.4, 0.5) is 0 Å². The van der Waals surface area contributed by atoms with E-state index < -0.39 is 11.9 Å². The van der Waals surface area contributed by atoms with Gasteiger partial charge in [-0.1, -0.05) is 0 Å². The van der Waals surface area contributed by atoms with Crippen LogP contribution >= 0.6 is 0 Å². The van der Waals surface area contributed by atoms with Crippen LogP contribution in [0.15, 0.2) is 85.2 Å². The van der Waals surface area contributed by atoms with Gasteiger partial charge in [-0.3, -0.25) is 9.97 Å². The highest BCUT2D eigenvalue weighted by Gasteiger charge is 2.13. The van der Waals surface area contributed by atoms with Crippen molar-refractivity contribution in [3.8, 4) is 34.4 Å². The molecule has 0 fully saturated rings. The zero-order chi connectivity index (χ0) is 23.9. The number of hydrogen-bond acceptors (Lipinski definition) is 8. The maximum absolute atomic E-state index is 12.4. The maximum atomic E-state index is 12.4. The molecular weight excluding hydrogens is 436 g/mol. The summed E-state index contributed by atoms with van der Waals surface area (Å²) in [4.78, 5) is 33.3. The minimum atomic E-state index is -0.534. The Hall–Kier alpha value is -4.72. The molecule has 34 heavy (non-hydrogen) atoms. The van der Waals surface area contributed by atoms with Crippen LogP contribution in [-0.2, 0) is 0 Å². The van der Waals surface area contributed by atoms with Crippen LogP contribution in [0.25, 0.3) is 11.4 Å². The second-order valence-corrected chi connectivity index (χ2v) is 6.99. The number of nitrogens with zero attached hydrogens (tertiary/aromatic N) is 2. The summed E-state index contributed by atoms with van der Waals surface area (Å²) in [6.45, 7) is 0. The highest BCUT2D eigenvalue weighted by atomic mass is 16.5. The monoisotopic (exact) mass is 456 g/mol. The first-order valence-electron chi connectivity index (χ1n) is 10.2. The number of aromatic nitrogens is 2. The van der Waals surface area contributed by atoms with Crippen molar-refractivity contribution in [3.05, 3.63) is 96.3 Å². The standard InChI is InChI=1S/C26H20N2O6/c1-31-19-5-9-21(10-6-19)33-25(29)17-3-13-23(27-15-17)24-14-4-18(16-28-24)26(30)34-22-11-7-20(32-2)8-12-22/h3-16H,1-2H3. The molecule has 8 nitrogen and oxygen atoms in total. The molecule has 0 aliphatic rings. The lowest BCUT2D eigenvalue weighted by molar-refractivity contribution is 0.0724. The molecule has 2 aromatic heterocycles. The van der Waals surface area contributed by atoms with Crippen LogP contribution in [-0.4, -0.2) is 36.1 Å². The lowest BCUT2D eigenvalue weighted by Crippen LogP contribution is -2.09. The molecule has 0 bridgehead atoms. The summed E-state index contributed by atoms with van der Waals surface area (Å²) in [5.41, 5.74) is 1.66. The van der Waals surface area contributed by atoms with E-state index in [1.54, 1.807) is 87.0 Å². The SMILES string of the molecule is COc1ccc(OC(=O)c2ccc(-c3ccc(C(=O)Oc4ccc(OC)cc4)cn3)nc2)cc1. The quantitative estimate of drug-likeness (QED) is 0.294. The second-order valence-electron chi connectivity index (χ2n) is 6.99. The highest BCUT2D eigenvalue weighted by molar-refractivity contribution is 5.92. The molecule has 2 heterocycles. The topological polar surface area (TPSA) is 96.8 Å². The molecule has 8 heteroatoms. The molecule has 4 aromatic rings. The molecule has 0 radical (unpaired) electrons. The van der Waals surface area contributed by atoms with Gasteiger partial charge in [0.1, 0.15) is 23.0 Å². The Morgan fingerprint density at radius 3 is 1.18 bits per heavy atom. The van der Waals surface area contributed by atoms with Gasteiger partial charge in [0, 0.05) is 12.4 Å². The number of rotatable bonds is 7. The summed E-state index contributed by atoms with van der Waals surface area (Å²) < 4.78 is 20.8. The molecule has 0 amide bonds. The van der Waals surface area contributed by atoms with Crippen molar-refractivity contribution in [3.63, 3.8) is 0 Å². The van der Waals surface area contributed by atoms with E-state index in [4.69, 9.17) is 18.9 Å². The lowest BCUT2D eigenvalue weighted by atomic mass is 10.2. The molecule has 0 saturated heterocycles. The zero-order valence-corrected chi connectivity index (χ0v) is 18.4. The third kappa shape index (κ3) is 5.36. The molecular formula is C26H20N2O6. The van der Waals surface area contributed by atoms with Crippen molar-refractivity contribution in [1.29, 1.82) is 0 Å². The van der Waals surface area contributed by atoms with Crippen molar-refractivity contribution in [2.24, 2.45) is 0 Å². The zero-order valence-electron chi connectivity index (χ0n) is 18.4. The smallest absolute Gasteiger partial charge is 0.345 e. The largest absolute Gasteiger partial charge is 0.497 e. The molecule has 2 aromatic carbocycles. The van der Waals surface area contributed by atoms with Crippen LogP contribution in [0, 0.1) is 0 Å². The van der Waals surface area contributed by atoms with E-state index in [2.05, 4.69) is 9.97 Å². The van der Waals surface area contributed by atoms with Crippen molar-refractivity contribution in [2.45, 2.75) is 0 Å². The van der Waals surface area contributed by atoms with Gasteiger partial charge in [-0.25, -0.2) is 9.59 Å². The summed E-state index contributed by atoms with van der Waals surface area (Å²) in [5.74, 6) is 1.06. The third-order valence-electron chi connectivity index (χ3n) is 4.80. The highest BCUT2D eigenvalue weighted by Crippen LogP contribution is 2.21. The number of carbonyl (C=O) groups is 2. The molecule has 0 aliphatic heterocycles. The van der Waals surface area contributed by atoms with Crippen LogP contribution in [0.3, 0.4) is 0 Å². The average Bonchev–Trinajstić information content (AvgIpc) is 2.89. The fourth-order valence-electron chi connectivity index (χ4n) is 2.95. The van der Waals surface area contributed by atoms with Gasteiger partial charge in [0.05, 0.1) is 36.7 Å². The Morgan fingerprint density at radius 1 is 0.529 bits per heavy atom. The molecule has 0 aliphatic carbocycles. The minimum Gasteiger partial charge on any atom is -0.497 e. The van der Waals surface area contributed by atoms with Gasteiger partial charge in [-0.05, 0) is 72.8 Å². The fraction of sp³-hybridized carbons (Fsp3) is 0.0769. The molecule has 0 N–H and O–H groups in total. The summed E-state index contributed by atoms with van der Waals surface area (Å²) in [6.07, 6.45) is 2.82. The first-order chi connectivity index (χ1) is 16.6. The van der Waals surface area contributed by atoms with Crippen molar-refractivity contribution in [2.75, 3.05) is 14.2 Å². The van der Waals surface area contributed by atoms with E-state index in [1.165, 1.54) is 12.4 Å². The Labute approximate surface area is 195 Å². The summed E-state index contributed by atoms with van der Waals surface area (Å²) in [6, 6.07) is 19.9. The van der Waals surface area contributed by atoms with Crippen molar-refractivity contribution >= 4 is 11.9 Å². The molecule has 0 unspecified atom stereocenters. The van der Waals surface area contributed by atoms with Crippen LogP contribution < -0.4 is 18.9 Å². The van der Waals surface area contributed by atoms with Gasteiger partial charge in [-0.15, -0.1) is 0 Å². The number of benzene rings is 2. The summed E-state index contributed by atoms with van der Waals surface area (Å²) in [5, 5.41) is 0. The Morgan fingerprint density at radius 2 is 0.882 bits per heavy atom. The third-order valence-corrected chi connectivity index (χ3v) is 4.80. The fourth-order valence-corrected chi connectivity index (χ4v) is 2.95. The van der Waals surface area contributed by atoms with Gasteiger partial charge in [0.25, 0.3) is 0 Å². The number of pyridine rings is 2. The molecule has 170 valence electrons. The first kappa shape index (κ1) is 22.5. The van der Waals surface area contributed by atoms with Crippen LogP contribution in [0.1, 0.15) is 20.7 Å². The average molecular weight is 456 g/mol. The second kappa shape index (κ2) is 10.3. The van der Waals surface area contributed by atoms with Gasteiger partial charge < -0.3 is 18.9 Å². The van der Waals surface area contributed by atoms with Crippen molar-refractivity contribution in [1.82, 2.24) is 9.97 Å². The predicted molar refractivity (Wildman–Crippen MR) is 123 cm³/mol. The van der Waals surface area contributed by atoms with E-state index >= 15 is 0 Å². The maximum Gasteiger partial charge on any atom is 0.345 e. The molecule has 0 atom stereocenters. The van der Waals surface area contributed by atoms with E-state index in [0.29, 0.717) is 45.5 Å². The van der Waals surface area contributed by atoms with Crippen LogP contribution in [0.2, 0.25) is 0 Å². The van der Waals surface area contributed by atoms with Gasteiger partial charge in [0.15, 0.2) is 0 Å². The predicted octanol–water partition coefficient (Wildman–Crippen LogP) is 4.60. The van der Waals surface area contributed by atoms with E-state index in [-0.39, 0.29) is 0 Å². The van der Waals surface area contributed by atoms with E-state index in [9.17, 15) is 9.59 Å². The first-order valence-corrected chi connectivity index (χ1v) is 10.2. The molecule has 0 spiro atoms. The van der Waals surface area contributed by atoms with E-state index in [0.717, 1.165) is 0 Å². The van der Waals surface area contributed by atoms with Gasteiger partial charge in [0.2, 0.25) is 0 Å². The summed E-state index contributed by atoms with van der Waals surface area (Å²) >= 11 is 0. The van der Waals surface area contributed by atoms with Crippen molar-refractivity contribution < 1.29 is 28.5 Å². The van der Waals surface area contributed by atoms with Gasteiger partial charge in [-0.2, -0.15) is 0 Å². The van der Waals surface area contributed by atoms with Gasteiger partial charge >= 0.3 is 11.9 Å². The Bertz CT molecular complexity index is 1170. The molecule has 4 rings (SSSR count). The minimum absolute atomic E-state index is 0.291. The molecule has 0 saturated carbocycles. The number of ether oxygens (including phenoxy) is 4. The van der Waals surface area contributed by atoms with Crippen LogP contribution in [0.5, 0.6) is 23.0 Å². The number of esters is 2. The number of hydrogen-bond donors (Lipinski definition) is 0.